The predicted molar refractivity (Wildman–Crippen MR) is 82.2 cm³/mol. The van der Waals surface area contributed by atoms with Crippen molar-refractivity contribution in [1.29, 1.82) is 0 Å². The lowest BCUT2D eigenvalue weighted by molar-refractivity contribution is 0.591. The zero-order chi connectivity index (χ0) is 14.2. The van der Waals surface area contributed by atoms with Crippen LogP contribution in [-0.4, -0.2) is 16.3 Å². The van der Waals surface area contributed by atoms with Crippen LogP contribution in [0.2, 0.25) is 0 Å². The molecule has 0 spiro atoms. The summed E-state index contributed by atoms with van der Waals surface area (Å²) >= 11 is 1.66. The number of hydrogen-bond acceptors (Lipinski definition) is 3. The molecule has 0 unspecified atom stereocenters. The molecular formula is C16H14FN3S. The van der Waals surface area contributed by atoms with Gasteiger partial charge in [-0.1, -0.05) is 18.2 Å². The number of rotatable bonds is 2. The molecule has 1 N–H and O–H groups in total. The summed E-state index contributed by atoms with van der Waals surface area (Å²) in [7, 11) is 0. The highest BCUT2D eigenvalue weighted by atomic mass is 32.1. The van der Waals surface area contributed by atoms with E-state index in [-0.39, 0.29) is 5.82 Å². The third-order valence-electron chi connectivity index (χ3n) is 3.77. The second-order valence-electron chi connectivity index (χ2n) is 5.04. The van der Waals surface area contributed by atoms with Gasteiger partial charge in [0.2, 0.25) is 0 Å². The minimum absolute atomic E-state index is 0.237. The van der Waals surface area contributed by atoms with Crippen molar-refractivity contribution in [2.45, 2.75) is 13.0 Å². The number of nitrogens with zero attached hydrogens (tertiary/aromatic N) is 2. The molecule has 2 aromatic heterocycles. The number of hydrogen-bond donors (Lipinski definition) is 1. The van der Waals surface area contributed by atoms with Crippen LogP contribution in [0.1, 0.15) is 11.3 Å². The first-order valence-electron chi connectivity index (χ1n) is 6.95. The quantitative estimate of drug-likeness (QED) is 0.786. The van der Waals surface area contributed by atoms with Crippen LogP contribution in [0.15, 0.2) is 41.8 Å². The lowest BCUT2D eigenvalue weighted by atomic mass is 10.1. The van der Waals surface area contributed by atoms with Crippen LogP contribution < -0.4 is 5.32 Å². The van der Waals surface area contributed by atoms with Gasteiger partial charge in [0.05, 0.1) is 10.6 Å². The standard InChI is InChI=1S/C16H14FN3S/c17-12-4-1-2-5-14(12)20-13-7-8-18-10-11(13)16(19-20)15-6-3-9-21-15/h1-6,9,18H,7-8,10H2. The van der Waals surface area contributed by atoms with Gasteiger partial charge in [0.15, 0.2) is 0 Å². The second kappa shape index (κ2) is 5.09. The van der Waals surface area contributed by atoms with E-state index in [0.29, 0.717) is 5.69 Å². The van der Waals surface area contributed by atoms with E-state index >= 15 is 0 Å². The lowest BCUT2D eigenvalue weighted by Gasteiger charge is -2.15. The smallest absolute Gasteiger partial charge is 0.148 e. The number of para-hydroxylation sites is 1. The molecule has 3 aromatic rings. The van der Waals surface area contributed by atoms with Crippen molar-refractivity contribution in [2.24, 2.45) is 0 Å². The highest BCUT2D eigenvalue weighted by molar-refractivity contribution is 7.13. The van der Waals surface area contributed by atoms with Gasteiger partial charge in [-0.3, -0.25) is 0 Å². The lowest BCUT2D eigenvalue weighted by Crippen LogP contribution is -2.24. The molecule has 1 aliphatic rings. The van der Waals surface area contributed by atoms with Crippen molar-refractivity contribution in [3.63, 3.8) is 0 Å². The Balaban J connectivity index is 1.95. The molecule has 3 nitrogen and oxygen atoms in total. The first-order chi connectivity index (χ1) is 10.3. The van der Waals surface area contributed by atoms with Gasteiger partial charge in [0, 0.05) is 25.1 Å². The van der Waals surface area contributed by atoms with Crippen molar-refractivity contribution < 1.29 is 4.39 Å². The fourth-order valence-electron chi connectivity index (χ4n) is 2.78. The largest absolute Gasteiger partial charge is 0.312 e. The Labute approximate surface area is 126 Å². The molecule has 3 heterocycles. The Morgan fingerprint density at radius 1 is 1.19 bits per heavy atom. The normalized spacial score (nSPS) is 14.1. The van der Waals surface area contributed by atoms with Crippen LogP contribution in [0.25, 0.3) is 16.3 Å². The summed E-state index contributed by atoms with van der Waals surface area (Å²) in [5.41, 5.74) is 3.79. The van der Waals surface area contributed by atoms with Gasteiger partial charge < -0.3 is 5.32 Å². The zero-order valence-electron chi connectivity index (χ0n) is 11.3. The minimum Gasteiger partial charge on any atom is -0.312 e. The average molecular weight is 299 g/mol. The highest BCUT2D eigenvalue weighted by Gasteiger charge is 2.23. The number of fused-ring (bicyclic) bond motifs is 1. The molecule has 0 saturated carbocycles. The van der Waals surface area contributed by atoms with Gasteiger partial charge in [0.25, 0.3) is 0 Å². The van der Waals surface area contributed by atoms with Crippen LogP contribution in [0.3, 0.4) is 0 Å². The van der Waals surface area contributed by atoms with Crippen LogP contribution in [-0.2, 0) is 13.0 Å². The van der Waals surface area contributed by atoms with E-state index < -0.39 is 0 Å². The summed E-state index contributed by atoms with van der Waals surface area (Å²) in [5.74, 6) is -0.237. The molecule has 5 heteroatoms. The minimum atomic E-state index is -0.237. The summed E-state index contributed by atoms with van der Waals surface area (Å²) < 4.78 is 15.9. The molecule has 0 atom stereocenters. The van der Waals surface area contributed by atoms with E-state index in [1.54, 1.807) is 28.2 Å². The highest BCUT2D eigenvalue weighted by Crippen LogP contribution is 2.32. The maximum atomic E-state index is 14.1. The third-order valence-corrected chi connectivity index (χ3v) is 4.64. The monoisotopic (exact) mass is 299 g/mol. The Morgan fingerprint density at radius 3 is 2.90 bits per heavy atom. The topological polar surface area (TPSA) is 29.9 Å². The van der Waals surface area contributed by atoms with Crippen molar-refractivity contribution in [1.82, 2.24) is 15.1 Å². The summed E-state index contributed by atoms with van der Waals surface area (Å²) in [6, 6.07) is 10.9. The Hall–Kier alpha value is -1.98. The number of benzene rings is 1. The van der Waals surface area contributed by atoms with Gasteiger partial charge >= 0.3 is 0 Å². The van der Waals surface area contributed by atoms with Crippen LogP contribution in [0.4, 0.5) is 4.39 Å². The summed E-state index contributed by atoms with van der Waals surface area (Å²) in [6.45, 7) is 1.69. The molecule has 0 saturated heterocycles. The van der Waals surface area contributed by atoms with Crippen LogP contribution in [0, 0.1) is 5.82 Å². The SMILES string of the molecule is Fc1ccccc1-n1nc(-c2cccs2)c2c1CCNC2. The van der Waals surface area contributed by atoms with Crippen molar-refractivity contribution >= 4 is 11.3 Å². The van der Waals surface area contributed by atoms with Crippen molar-refractivity contribution in [2.75, 3.05) is 6.54 Å². The first kappa shape index (κ1) is 12.7. The van der Waals surface area contributed by atoms with Crippen molar-refractivity contribution in [3.05, 3.63) is 58.9 Å². The predicted octanol–water partition coefficient (Wildman–Crippen LogP) is 3.39. The second-order valence-corrected chi connectivity index (χ2v) is 5.99. The fraction of sp³-hybridized carbons (Fsp3) is 0.188. The Bertz CT molecular complexity index is 777. The molecule has 0 fully saturated rings. The number of halogens is 1. The molecule has 4 rings (SSSR count). The molecule has 0 amide bonds. The summed E-state index contributed by atoms with van der Waals surface area (Å²) in [5, 5.41) is 10.1. The molecule has 1 aromatic carbocycles. The third kappa shape index (κ3) is 2.09. The molecular weight excluding hydrogens is 285 g/mol. The van der Waals surface area contributed by atoms with Gasteiger partial charge in [-0.25, -0.2) is 9.07 Å². The first-order valence-corrected chi connectivity index (χ1v) is 7.83. The Kier molecular flexibility index (Phi) is 3.09. The van der Waals surface area contributed by atoms with E-state index in [2.05, 4.69) is 11.4 Å². The molecule has 0 radical (unpaired) electrons. The van der Waals surface area contributed by atoms with E-state index in [4.69, 9.17) is 5.10 Å². The molecule has 1 aliphatic heterocycles. The van der Waals surface area contributed by atoms with E-state index in [1.165, 1.54) is 11.6 Å². The summed E-state index contributed by atoms with van der Waals surface area (Å²) in [6.07, 6.45) is 0.863. The number of thiophene rings is 1. The van der Waals surface area contributed by atoms with Gasteiger partial charge in [0.1, 0.15) is 17.2 Å². The molecule has 0 aliphatic carbocycles. The van der Waals surface area contributed by atoms with Gasteiger partial charge in [-0.2, -0.15) is 5.10 Å². The zero-order valence-corrected chi connectivity index (χ0v) is 12.2. The van der Waals surface area contributed by atoms with E-state index in [0.717, 1.165) is 35.8 Å². The maximum Gasteiger partial charge on any atom is 0.148 e. The van der Waals surface area contributed by atoms with E-state index in [9.17, 15) is 4.39 Å². The number of nitrogens with one attached hydrogen (secondary N) is 1. The average Bonchev–Trinajstić information content (AvgIpc) is 3.15. The Morgan fingerprint density at radius 2 is 2.10 bits per heavy atom. The van der Waals surface area contributed by atoms with Crippen molar-refractivity contribution in [3.8, 4) is 16.3 Å². The van der Waals surface area contributed by atoms with Crippen LogP contribution >= 0.6 is 11.3 Å². The van der Waals surface area contributed by atoms with E-state index in [1.807, 2.05) is 17.5 Å². The van der Waals surface area contributed by atoms with Gasteiger partial charge in [-0.05, 0) is 23.6 Å². The number of aromatic nitrogens is 2. The molecule has 21 heavy (non-hydrogen) atoms. The maximum absolute atomic E-state index is 14.1. The van der Waals surface area contributed by atoms with Crippen LogP contribution in [0.5, 0.6) is 0 Å². The molecule has 0 bridgehead atoms. The molecule has 106 valence electrons. The fourth-order valence-corrected chi connectivity index (χ4v) is 3.52. The van der Waals surface area contributed by atoms with Gasteiger partial charge in [-0.15, -0.1) is 11.3 Å². The summed E-state index contributed by atoms with van der Waals surface area (Å²) in [4.78, 5) is 1.13.